The van der Waals surface area contributed by atoms with Crippen LogP contribution in [0.15, 0.2) is 35.9 Å². The van der Waals surface area contributed by atoms with Gasteiger partial charge in [-0.1, -0.05) is 11.6 Å². The number of anilines is 1. The van der Waals surface area contributed by atoms with E-state index in [4.69, 9.17) is 23.7 Å². The quantitative estimate of drug-likeness (QED) is 0.200. The number of benzene rings is 1. The van der Waals surface area contributed by atoms with E-state index in [1.165, 1.54) is 5.57 Å². The lowest BCUT2D eigenvalue weighted by Crippen LogP contribution is -2.55. The summed E-state index contributed by atoms with van der Waals surface area (Å²) < 4.78 is 29.7. The lowest BCUT2D eigenvalue weighted by molar-refractivity contribution is -0.170. The minimum Gasteiger partial charge on any atom is -0.492 e. The lowest BCUT2D eigenvalue weighted by Gasteiger charge is -2.42. The number of methoxy groups -OCH3 is 1. The molecule has 1 aliphatic carbocycles. The van der Waals surface area contributed by atoms with Gasteiger partial charge in [-0.3, -0.25) is 4.79 Å². The molecule has 0 radical (unpaired) electrons. The summed E-state index contributed by atoms with van der Waals surface area (Å²) in [7, 11) is 3.58. The topological polar surface area (TPSA) is 93.9 Å². The molecule has 0 aromatic heterocycles. The van der Waals surface area contributed by atoms with Crippen molar-refractivity contribution in [2.45, 2.75) is 69.5 Å². The summed E-state index contributed by atoms with van der Waals surface area (Å²) in [5, 5.41) is 6.18. The van der Waals surface area contributed by atoms with E-state index in [9.17, 15) is 4.79 Å². The van der Waals surface area contributed by atoms with Gasteiger partial charge in [0.25, 0.3) is 0 Å². The van der Waals surface area contributed by atoms with E-state index in [1.54, 1.807) is 7.11 Å². The summed E-state index contributed by atoms with van der Waals surface area (Å²) in [5.74, 6) is 0.505. The highest BCUT2D eigenvalue weighted by molar-refractivity contribution is 5.75. The number of hydrogen-bond donors (Lipinski definition) is 2. The average Bonchev–Trinajstić information content (AvgIpc) is 3.75. The van der Waals surface area contributed by atoms with E-state index in [0.29, 0.717) is 19.6 Å². The Hall–Kier alpha value is -2.13. The third kappa shape index (κ3) is 6.00. The van der Waals surface area contributed by atoms with Crippen molar-refractivity contribution in [3.8, 4) is 5.75 Å². The minimum absolute atomic E-state index is 0.0190. The molecule has 1 aromatic rings. The first kappa shape index (κ1) is 25.9. The van der Waals surface area contributed by atoms with Crippen molar-refractivity contribution >= 4 is 11.7 Å². The highest BCUT2D eigenvalue weighted by Crippen LogP contribution is 2.59. The Morgan fingerprint density at radius 3 is 2.63 bits per heavy atom. The van der Waals surface area contributed by atoms with Gasteiger partial charge in [-0.2, -0.15) is 0 Å². The third-order valence-corrected chi connectivity index (χ3v) is 7.43. The van der Waals surface area contributed by atoms with Crippen LogP contribution in [0.25, 0.3) is 0 Å². The van der Waals surface area contributed by atoms with Gasteiger partial charge in [0.2, 0.25) is 0 Å². The second-order valence-corrected chi connectivity index (χ2v) is 10.2. The zero-order valence-electron chi connectivity index (χ0n) is 21.6. The normalized spacial score (nSPS) is 33.2. The maximum Gasteiger partial charge on any atom is 0.325 e. The Morgan fingerprint density at radius 2 is 2.00 bits per heavy atom. The molecular weight excluding hydrogens is 448 g/mol. The van der Waals surface area contributed by atoms with Gasteiger partial charge in [-0.05, 0) is 71.3 Å². The summed E-state index contributed by atoms with van der Waals surface area (Å²) in [6.07, 6.45) is 4.16. The zero-order valence-corrected chi connectivity index (χ0v) is 21.6. The summed E-state index contributed by atoms with van der Waals surface area (Å²) in [6.45, 7) is 8.52. The second kappa shape index (κ2) is 10.9. The highest BCUT2D eigenvalue weighted by atomic mass is 16.6. The first-order valence-electron chi connectivity index (χ1n) is 12.6. The van der Waals surface area contributed by atoms with Crippen molar-refractivity contribution in [3.63, 3.8) is 0 Å². The maximum atomic E-state index is 12.7. The molecule has 4 rings (SSSR count). The van der Waals surface area contributed by atoms with Gasteiger partial charge in [0, 0.05) is 19.3 Å². The second-order valence-electron chi connectivity index (χ2n) is 10.2. The molecule has 8 nitrogen and oxygen atoms in total. The van der Waals surface area contributed by atoms with Crippen LogP contribution in [0, 0.1) is 5.92 Å². The first-order valence-corrected chi connectivity index (χ1v) is 12.6. The van der Waals surface area contributed by atoms with E-state index >= 15 is 0 Å². The van der Waals surface area contributed by atoms with Gasteiger partial charge >= 0.3 is 5.97 Å². The zero-order chi connectivity index (χ0) is 25.1. The van der Waals surface area contributed by atoms with E-state index in [0.717, 1.165) is 30.8 Å². The van der Waals surface area contributed by atoms with E-state index < -0.39 is 0 Å². The summed E-state index contributed by atoms with van der Waals surface area (Å²) >= 11 is 0. The molecule has 3 aliphatic rings. The Balaban J connectivity index is 1.32. The number of hydrogen-bond acceptors (Lipinski definition) is 8. The van der Waals surface area contributed by atoms with Crippen LogP contribution in [-0.4, -0.2) is 75.9 Å². The van der Waals surface area contributed by atoms with Crippen LogP contribution in [0.2, 0.25) is 0 Å². The number of carbonyl (C=O) groups excluding carboxylic acids is 1. The minimum atomic E-state index is -0.344. The van der Waals surface area contributed by atoms with Gasteiger partial charge in [-0.15, -0.1) is 0 Å². The monoisotopic (exact) mass is 488 g/mol. The molecule has 2 heterocycles. The van der Waals surface area contributed by atoms with Crippen LogP contribution in [-0.2, 0) is 23.7 Å². The first-order chi connectivity index (χ1) is 16.8. The van der Waals surface area contributed by atoms with Crippen molar-refractivity contribution in [1.82, 2.24) is 5.32 Å². The van der Waals surface area contributed by atoms with Crippen LogP contribution in [0.3, 0.4) is 0 Å². The smallest absolute Gasteiger partial charge is 0.325 e. The molecule has 1 spiro atoms. The molecule has 2 saturated heterocycles. The molecule has 8 heteroatoms. The summed E-state index contributed by atoms with van der Waals surface area (Å²) in [4.78, 5) is 12.7. The fourth-order valence-electron chi connectivity index (χ4n) is 5.39. The Morgan fingerprint density at radius 1 is 1.26 bits per heavy atom. The molecule has 1 aromatic carbocycles. The van der Waals surface area contributed by atoms with Crippen molar-refractivity contribution < 1.29 is 28.5 Å². The fraction of sp³-hybridized carbons (Fsp3) is 0.667. The molecule has 2 aliphatic heterocycles. The number of nitrogens with one attached hydrogen (secondary N) is 2. The standard InChI is InChI=1S/C27H40N2O6/c1-18(2)6-11-22-26(3,35-22)25-24(31-5)21(12-13-27(25)17-33-27)34-23(30)16-29-19-7-9-20(10-8-19)32-15-14-28-4/h6-10,21-22,24-25,28-29H,11-17H2,1-5H3/t21-,22-,24-,25-,26+,27+/m1/s1. The van der Waals surface area contributed by atoms with E-state index in [2.05, 4.69) is 37.5 Å². The van der Waals surface area contributed by atoms with Gasteiger partial charge < -0.3 is 34.3 Å². The molecule has 0 bridgehead atoms. The number of allylic oxidation sites excluding steroid dienone is 1. The number of epoxide rings is 2. The molecular formula is C27H40N2O6. The van der Waals surface area contributed by atoms with Crippen molar-refractivity contribution in [2.24, 2.45) is 5.92 Å². The molecule has 194 valence electrons. The fourth-order valence-corrected chi connectivity index (χ4v) is 5.39. The largest absolute Gasteiger partial charge is 0.492 e. The van der Waals surface area contributed by atoms with Crippen LogP contribution in [0.5, 0.6) is 5.75 Å². The summed E-state index contributed by atoms with van der Waals surface area (Å²) in [5.41, 5.74) is 1.54. The van der Waals surface area contributed by atoms with Gasteiger partial charge in [0.05, 0.1) is 18.6 Å². The maximum absolute atomic E-state index is 12.7. The number of likely N-dealkylation sites (N-methyl/N-ethyl adjacent to an activating group) is 1. The highest BCUT2D eigenvalue weighted by Gasteiger charge is 2.72. The van der Waals surface area contributed by atoms with Gasteiger partial charge in [-0.25, -0.2) is 0 Å². The molecule has 1 saturated carbocycles. The number of carbonyl (C=O) groups is 1. The Kier molecular flexibility index (Phi) is 8.06. The van der Waals surface area contributed by atoms with Crippen molar-refractivity contribution in [1.29, 1.82) is 0 Å². The van der Waals surface area contributed by atoms with Crippen LogP contribution >= 0.6 is 0 Å². The SMILES string of the molecule is CNCCOc1ccc(NCC(=O)O[C@@H]2CC[C@]3(CO3)[C@@H]([C@@]3(C)O[C@@H]3CC=C(C)C)[C@@H]2OC)cc1. The third-order valence-electron chi connectivity index (χ3n) is 7.43. The van der Waals surface area contributed by atoms with Gasteiger partial charge in [0.15, 0.2) is 0 Å². The molecule has 0 unspecified atom stereocenters. The van der Waals surface area contributed by atoms with Crippen molar-refractivity contribution in [3.05, 3.63) is 35.9 Å². The van der Waals surface area contributed by atoms with Crippen LogP contribution in [0.1, 0.15) is 40.0 Å². The van der Waals surface area contributed by atoms with Crippen molar-refractivity contribution in [2.75, 3.05) is 45.8 Å². The molecule has 3 fully saturated rings. The Labute approximate surface area is 208 Å². The Bertz CT molecular complexity index is 895. The lowest BCUT2D eigenvalue weighted by atomic mass is 9.68. The van der Waals surface area contributed by atoms with E-state index in [-0.39, 0.29) is 47.9 Å². The predicted molar refractivity (Wildman–Crippen MR) is 134 cm³/mol. The molecule has 6 atom stereocenters. The molecule has 0 amide bonds. The average molecular weight is 489 g/mol. The van der Waals surface area contributed by atoms with Crippen LogP contribution < -0.4 is 15.4 Å². The van der Waals surface area contributed by atoms with Gasteiger partial charge in [0.1, 0.15) is 42.3 Å². The number of rotatable bonds is 12. The number of esters is 1. The van der Waals surface area contributed by atoms with Crippen LogP contribution in [0.4, 0.5) is 5.69 Å². The van der Waals surface area contributed by atoms with E-state index in [1.807, 2.05) is 31.3 Å². The molecule has 35 heavy (non-hydrogen) atoms. The summed E-state index contributed by atoms with van der Waals surface area (Å²) in [6, 6.07) is 7.55. The number of ether oxygens (including phenoxy) is 5. The predicted octanol–water partition coefficient (Wildman–Crippen LogP) is 3.32. The molecule has 2 N–H and O–H groups in total.